The van der Waals surface area contributed by atoms with E-state index in [2.05, 4.69) is 10.0 Å². The zero-order valence-electron chi connectivity index (χ0n) is 14.7. The summed E-state index contributed by atoms with van der Waals surface area (Å²) in [6.07, 6.45) is -14.1. The normalized spacial score (nSPS) is 31.5. The number of hydrogen-bond donors (Lipinski definition) is 0. The van der Waals surface area contributed by atoms with Crippen LogP contribution in [-0.2, 0) is 0 Å². The van der Waals surface area contributed by atoms with Gasteiger partial charge in [0.1, 0.15) is 0 Å². The molecule has 0 aliphatic carbocycles. The van der Waals surface area contributed by atoms with Gasteiger partial charge in [-0.15, -0.1) is 0 Å². The highest BCUT2D eigenvalue weighted by molar-refractivity contribution is 5.76. The highest BCUT2D eigenvalue weighted by Crippen LogP contribution is 2.51. The van der Waals surface area contributed by atoms with Crippen LogP contribution in [0.5, 0.6) is 0 Å². The highest BCUT2D eigenvalue weighted by Gasteiger charge is 2.87. The van der Waals surface area contributed by atoms with Gasteiger partial charge in [-0.1, -0.05) is 25.0 Å². The Morgan fingerprint density at radius 2 is 0.875 bits per heavy atom. The summed E-state index contributed by atoms with van der Waals surface area (Å²) in [7, 11) is 0. The predicted octanol–water partition coefficient (Wildman–Crippen LogP) is -2.80. The molecule has 25 nitrogen and oxygen atoms in total. The van der Waals surface area contributed by atoms with Gasteiger partial charge in [0, 0.05) is 10.0 Å². The van der Waals surface area contributed by atoms with Gasteiger partial charge in [0.25, 0.3) is 24.7 Å². The van der Waals surface area contributed by atoms with E-state index in [1.54, 1.807) is 0 Å². The number of hydrazine groups is 5. The lowest BCUT2D eigenvalue weighted by Crippen LogP contribution is -2.76. The average molecular weight is 462 g/mol. The Hall–Kier alpha value is -5.22. The third-order valence-corrected chi connectivity index (χ3v) is 5.37. The first-order valence-corrected chi connectivity index (χ1v) is 7.98. The van der Waals surface area contributed by atoms with Gasteiger partial charge in [-0.2, -0.15) is 0 Å². The third kappa shape index (κ3) is 2.10. The van der Waals surface area contributed by atoms with Gasteiger partial charge in [0.15, 0.2) is 25.2 Å². The molecule has 0 saturated carbocycles. The van der Waals surface area contributed by atoms with Crippen LogP contribution in [-0.4, -0.2) is 98.1 Å². The molecule has 5 aliphatic rings. The summed E-state index contributed by atoms with van der Waals surface area (Å²) >= 11 is 0. The summed E-state index contributed by atoms with van der Waals surface area (Å²) in [6, 6.07) is -1.74. The molecule has 2 amide bonds. The number of piperazine rings is 1. The van der Waals surface area contributed by atoms with Crippen LogP contribution in [0, 0.1) is 50.6 Å². The Kier molecular flexibility index (Phi) is 3.85. The van der Waals surface area contributed by atoms with Crippen LogP contribution in [0.1, 0.15) is 0 Å². The molecular weight excluding hydrogens is 456 g/mol. The molecule has 32 heavy (non-hydrogen) atoms. The molecule has 0 spiro atoms. The monoisotopic (exact) mass is 462 g/mol. The molecule has 5 rings (SSSR count). The molecule has 6 bridgehead atoms. The lowest BCUT2D eigenvalue weighted by atomic mass is 10.1. The third-order valence-electron chi connectivity index (χ3n) is 5.37. The Morgan fingerprint density at radius 1 is 0.625 bits per heavy atom. The van der Waals surface area contributed by atoms with Crippen molar-refractivity contribution >= 4 is 6.03 Å². The molecule has 6 unspecified atom stereocenters. The summed E-state index contributed by atoms with van der Waals surface area (Å²) in [4.78, 5) is 73.8. The van der Waals surface area contributed by atoms with Crippen molar-refractivity contribution in [1.82, 2.24) is 29.9 Å². The fourth-order valence-corrected chi connectivity index (χ4v) is 4.61. The number of urea groups is 1. The molecule has 0 aromatic heterocycles. The number of nitro groups is 5. The minimum atomic E-state index is -2.45. The Labute approximate surface area is 170 Å². The molecule has 5 saturated heterocycles. The molecule has 5 heterocycles. The van der Waals surface area contributed by atoms with E-state index >= 15 is 0 Å². The first-order chi connectivity index (χ1) is 15.0. The van der Waals surface area contributed by atoms with Gasteiger partial charge in [0.2, 0.25) is 12.3 Å². The first kappa shape index (κ1) is 20.1. The summed E-state index contributed by atoms with van der Waals surface area (Å²) in [5.41, 5.74) is 8.58. The zero-order valence-corrected chi connectivity index (χ0v) is 14.7. The fourth-order valence-electron chi connectivity index (χ4n) is 4.61. The van der Waals surface area contributed by atoms with Gasteiger partial charge in [-0.25, -0.2) is 50.6 Å². The van der Waals surface area contributed by atoms with Crippen LogP contribution in [0.4, 0.5) is 4.79 Å². The van der Waals surface area contributed by atoms with Crippen molar-refractivity contribution in [3.05, 3.63) is 61.0 Å². The minimum Gasteiger partial charge on any atom is -0.278 e. The lowest BCUT2D eigenvalue weighted by Gasteiger charge is -2.44. The molecule has 0 N–H and O–H groups in total. The molecule has 6 atom stereocenters. The number of amides is 2. The van der Waals surface area contributed by atoms with Crippen molar-refractivity contribution in [2.45, 2.75) is 37.0 Å². The van der Waals surface area contributed by atoms with E-state index in [1.807, 2.05) is 0 Å². The number of carbonyl (C=O) groups excluding carboxylic acids is 1. The molecule has 170 valence electrons. The van der Waals surface area contributed by atoms with Gasteiger partial charge >= 0.3 is 6.03 Å². The van der Waals surface area contributed by atoms with Crippen molar-refractivity contribution in [3.8, 4) is 0 Å². The van der Waals surface area contributed by atoms with Crippen molar-refractivity contribution in [3.63, 3.8) is 0 Å². The van der Waals surface area contributed by atoms with E-state index < -0.39 is 68.2 Å². The van der Waals surface area contributed by atoms with E-state index in [-0.39, 0.29) is 29.9 Å². The zero-order chi connectivity index (χ0) is 23.8. The Balaban J connectivity index is 2.13. The van der Waals surface area contributed by atoms with E-state index in [9.17, 15) is 55.4 Å². The molecule has 0 aromatic rings. The largest absolute Gasteiger partial charge is 0.314 e. The average Bonchev–Trinajstić information content (AvgIpc) is 3.10. The number of rotatable bonds is 5. The highest BCUT2D eigenvalue weighted by atomic mass is 16.7. The van der Waals surface area contributed by atoms with Crippen LogP contribution in [0.2, 0.25) is 0 Å². The van der Waals surface area contributed by atoms with Crippen LogP contribution in [0.3, 0.4) is 0 Å². The van der Waals surface area contributed by atoms with Crippen molar-refractivity contribution < 1.29 is 30.0 Å². The maximum Gasteiger partial charge on any atom is 0.314 e. The Morgan fingerprint density at radius 3 is 1.12 bits per heavy atom. The van der Waals surface area contributed by atoms with E-state index in [0.717, 1.165) is 0 Å². The fraction of sp³-hybridized carbons (Fsp3) is 0.857. The summed E-state index contributed by atoms with van der Waals surface area (Å²) < 4.78 is 0. The van der Waals surface area contributed by atoms with Crippen LogP contribution in [0.15, 0.2) is 5.11 Å². The minimum absolute atomic E-state index is 0.123. The van der Waals surface area contributed by atoms with Crippen LogP contribution in [0.25, 0.3) is 10.4 Å². The maximum absolute atomic E-state index is 12.5. The van der Waals surface area contributed by atoms with Crippen LogP contribution >= 0.6 is 0 Å². The molecule has 5 fully saturated rings. The van der Waals surface area contributed by atoms with Gasteiger partial charge < -0.3 is 0 Å². The van der Waals surface area contributed by atoms with Crippen molar-refractivity contribution in [1.29, 1.82) is 0 Å². The van der Waals surface area contributed by atoms with E-state index in [4.69, 9.17) is 5.53 Å². The number of carbonyl (C=O) groups is 1. The Bertz CT molecular complexity index is 969. The summed E-state index contributed by atoms with van der Waals surface area (Å²) in [5, 5.41) is 54.2. The second-order valence-corrected chi connectivity index (χ2v) is 6.45. The molecule has 25 heteroatoms. The van der Waals surface area contributed by atoms with E-state index in [0.29, 0.717) is 0 Å². The molecule has 0 aromatic carbocycles. The van der Waals surface area contributed by atoms with Crippen molar-refractivity contribution in [2.24, 2.45) is 5.11 Å². The number of nitrogens with zero attached hydrogens (tertiary/aromatic N) is 14. The maximum atomic E-state index is 12.5. The second-order valence-electron chi connectivity index (χ2n) is 6.45. The van der Waals surface area contributed by atoms with Gasteiger partial charge in [-0.05, 0) is 5.53 Å². The molecular formula is C7H6N14O11. The second kappa shape index (κ2) is 6.14. The molecule has 0 radical (unpaired) electrons. The first-order valence-electron chi connectivity index (χ1n) is 7.98. The van der Waals surface area contributed by atoms with Crippen molar-refractivity contribution in [2.75, 3.05) is 0 Å². The van der Waals surface area contributed by atoms with Gasteiger partial charge in [-0.3, -0.25) is 9.69 Å². The summed E-state index contributed by atoms with van der Waals surface area (Å²) in [5.74, 6) is 0. The molecule has 5 aliphatic heterocycles. The summed E-state index contributed by atoms with van der Waals surface area (Å²) in [6.45, 7) is 0. The number of azide groups is 1. The topological polar surface area (TPSA) is 301 Å². The standard InChI is InChI=1S/C7H6N14O11/c8-10-9-7(22)11-1-3-14(19(27)28)4-2(11)13(18(25)26)6(16(4)21(31)32)5(12(1)17(23)24)15(3)20(29)30/h1-6H. The predicted molar refractivity (Wildman–Crippen MR) is 83.3 cm³/mol. The van der Waals surface area contributed by atoms with Gasteiger partial charge in [0.05, 0.1) is 0 Å². The SMILES string of the molecule is [N-]=[N+]=NC(=O)N1C2C3N([N+](=O)[O-])C(C4N([N+](=O)[O-])C1C(N4[N+](=O)[O-])N3[N+](=O)[O-])N2[N+](=O)[O-]. The van der Waals surface area contributed by atoms with Crippen LogP contribution < -0.4 is 0 Å². The smallest absolute Gasteiger partial charge is 0.278 e. The van der Waals surface area contributed by atoms with E-state index in [1.165, 1.54) is 0 Å². The quantitative estimate of drug-likeness (QED) is 0.131. The lowest BCUT2D eigenvalue weighted by molar-refractivity contribution is -0.755. The number of hydrogen-bond acceptors (Lipinski definition) is 11.